The third-order valence-corrected chi connectivity index (χ3v) is 9.90. The third kappa shape index (κ3) is 41.4. The zero-order valence-corrected chi connectivity index (χ0v) is 35.6. The van der Waals surface area contributed by atoms with E-state index in [4.69, 9.17) is 24.3 Å². The van der Waals surface area contributed by atoms with Crippen molar-refractivity contribution in [3.8, 4) is 0 Å². The Kier molecular flexibility index (Phi) is 40.9. The molecule has 314 valence electrons. The summed E-state index contributed by atoms with van der Waals surface area (Å²) >= 11 is 0. The summed E-state index contributed by atoms with van der Waals surface area (Å²) in [5.74, 6) is -0.352. The van der Waals surface area contributed by atoms with Gasteiger partial charge in [0.15, 0.2) is 0 Å². The fraction of sp³-hybridized carbons (Fsp3) is 0.756. The van der Waals surface area contributed by atoms with Crippen LogP contribution in [0.3, 0.4) is 0 Å². The molecule has 54 heavy (non-hydrogen) atoms. The van der Waals surface area contributed by atoms with E-state index in [2.05, 4.69) is 74.6 Å². The van der Waals surface area contributed by atoms with Crippen molar-refractivity contribution >= 4 is 13.8 Å². The maximum absolute atomic E-state index is 12.6. The monoisotopic (exact) mass is 780 g/mol. The number of hydrogen-bond acceptors (Lipinski definition) is 7. The van der Waals surface area contributed by atoms with Crippen LogP contribution in [0, 0.1) is 0 Å². The molecule has 0 saturated heterocycles. The summed E-state index contributed by atoms with van der Waals surface area (Å²) in [5.41, 5.74) is 5.36. The van der Waals surface area contributed by atoms with Gasteiger partial charge in [-0.25, -0.2) is 4.57 Å². The van der Waals surface area contributed by atoms with Gasteiger partial charge in [0.2, 0.25) is 0 Å². The SMILES string of the molecule is CC/C=C\C/C=C\C/C=C\C/C=C\CCCOCC(COP(=O)(O)OCCN)OC(=O)CCCCCCCCCCC/C=C\CCCCCCCCCC. The average molecular weight is 780 g/mol. The van der Waals surface area contributed by atoms with Crippen molar-refractivity contribution in [2.24, 2.45) is 5.73 Å². The Hall–Kier alpha value is -1.80. The summed E-state index contributed by atoms with van der Waals surface area (Å²) in [5, 5.41) is 0. The molecule has 0 aliphatic carbocycles. The van der Waals surface area contributed by atoms with Crippen LogP contribution >= 0.6 is 7.82 Å². The first-order chi connectivity index (χ1) is 26.4. The Morgan fingerprint density at radius 3 is 1.57 bits per heavy atom. The van der Waals surface area contributed by atoms with Crippen LogP contribution < -0.4 is 5.73 Å². The first-order valence-corrected chi connectivity index (χ1v) is 23.3. The number of allylic oxidation sites excluding steroid dienone is 10. The Morgan fingerprint density at radius 2 is 1.04 bits per heavy atom. The van der Waals surface area contributed by atoms with Gasteiger partial charge in [-0.15, -0.1) is 0 Å². The van der Waals surface area contributed by atoms with Crippen molar-refractivity contribution in [3.63, 3.8) is 0 Å². The van der Waals surface area contributed by atoms with Crippen molar-refractivity contribution in [2.75, 3.05) is 33.0 Å². The fourth-order valence-corrected chi connectivity index (χ4v) is 6.53. The van der Waals surface area contributed by atoms with Crippen molar-refractivity contribution < 1.29 is 32.8 Å². The molecule has 0 spiro atoms. The summed E-state index contributed by atoms with van der Waals surface area (Å²) in [6.07, 6.45) is 51.1. The predicted molar refractivity (Wildman–Crippen MR) is 229 cm³/mol. The molecule has 0 heterocycles. The smallest absolute Gasteiger partial charge is 0.457 e. The lowest BCUT2D eigenvalue weighted by Gasteiger charge is -2.20. The predicted octanol–water partition coefficient (Wildman–Crippen LogP) is 13.0. The van der Waals surface area contributed by atoms with Crippen molar-refractivity contribution in [2.45, 2.75) is 187 Å². The number of hydrogen-bond donors (Lipinski definition) is 2. The van der Waals surface area contributed by atoms with E-state index >= 15 is 0 Å². The molecule has 0 bridgehead atoms. The normalized spacial score (nSPS) is 14.1. The highest BCUT2D eigenvalue weighted by Crippen LogP contribution is 2.43. The second kappa shape index (κ2) is 42.3. The zero-order valence-electron chi connectivity index (χ0n) is 34.7. The minimum absolute atomic E-state index is 0.0758. The fourth-order valence-electron chi connectivity index (χ4n) is 5.76. The molecule has 0 fully saturated rings. The van der Waals surface area contributed by atoms with Gasteiger partial charge in [0, 0.05) is 19.6 Å². The number of phosphoric ester groups is 1. The molecule has 0 saturated carbocycles. The number of unbranched alkanes of at least 4 members (excludes halogenated alkanes) is 18. The second-order valence-corrected chi connectivity index (χ2v) is 15.6. The standard InChI is InChI=1S/C45H82NO7P/c1-3-5-7-9-11-13-15-17-19-20-21-22-23-24-25-26-28-30-32-34-36-38-45(47)53-44(43-52-54(48,49)51-41-39-46)42-50-40-37-35-33-31-29-27-18-16-14-12-10-8-6-4-2/h6,8,12,14,18,20-21,27,31,33,44H,3-5,7,9-11,13,15-17,19,22-26,28-30,32,34-43,46H2,1-2H3,(H,48,49)/b8-6-,14-12-,21-20-,27-18-,33-31-. The van der Waals surface area contributed by atoms with Gasteiger partial charge in [-0.2, -0.15) is 0 Å². The molecule has 0 aliphatic rings. The maximum Gasteiger partial charge on any atom is 0.472 e. The molecule has 9 heteroatoms. The largest absolute Gasteiger partial charge is 0.472 e. The highest BCUT2D eigenvalue weighted by Gasteiger charge is 2.25. The van der Waals surface area contributed by atoms with Crippen LogP contribution in [-0.2, 0) is 27.9 Å². The van der Waals surface area contributed by atoms with Crippen LogP contribution in [0.1, 0.15) is 181 Å². The molecule has 0 aromatic rings. The lowest BCUT2D eigenvalue weighted by Crippen LogP contribution is -2.28. The van der Waals surface area contributed by atoms with E-state index in [0.29, 0.717) is 13.0 Å². The van der Waals surface area contributed by atoms with Gasteiger partial charge in [0.25, 0.3) is 0 Å². The minimum Gasteiger partial charge on any atom is -0.457 e. The van der Waals surface area contributed by atoms with E-state index in [0.717, 1.165) is 57.8 Å². The van der Waals surface area contributed by atoms with E-state index in [9.17, 15) is 14.3 Å². The van der Waals surface area contributed by atoms with Crippen LogP contribution in [0.15, 0.2) is 60.8 Å². The van der Waals surface area contributed by atoms with Crippen molar-refractivity contribution in [3.05, 3.63) is 60.8 Å². The molecule has 0 aliphatic heterocycles. The first kappa shape index (κ1) is 52.2. The van der Waals surface area contributed by atoms with E-state index in [-0.39, 0.29) is 32.3 Å². The third-order valence-electron chi connectivity index (χ3n) is 8.92. The van der Waals surface area contributed by atoms with E-state index in [1.54, 1.807) is 0 Å². The highest BCUT2D eigenvalue weighted by molar-refractivity contribution is 7.47. The molecule has 0 aromatic carbocycles. The van der Waals surface area contributed by atoms with Crippen LogP contribution in [0.4, 0.5) is 0 Å². The molecule has 0 rings (SSSR count). The average Bonchev–Trinajstić information content (AvgIpc) is 3.16. The molecule has 2 atom stereocenters. The number of carbonyl (C=O) groups excluding carboxylic acids is 1. The Bertz CT molecular complexity index is 1010. The van der Waals surface area contributed by atoms with Gasteiger partial charge >= 0.3 is 13.8 Å². The number of rotatable bonds is 41. The topological polar surface area (TPSA) is 117 Å². The number of nitrogens with two attached hydrogens (primary N) is 1. The van der Waals surface area contributed by atoms with Crippen LogP contribution in [0.5, 0.6) is 0 Å². The van der Waals surface area contributed by atoms with Crippen molar-refractivity contribution in [1.82, 2.24) is 0 Å². The molecule has 2 unspecified atom stereocenters. The highest BCUT2D eigenvalue weighted by atomic mass is 31.2. The Balaban J connectivity index is 4.06. The molecule has 0 aromatic heterocycles. The van der Waals surface area contributed by atoms with E-state index in [1.807, 2.05) is 0 Å². The second-order valence-electron chi connectivity index (χ2n) is 14.2. The molecule has 8 nitrogen and oxygen atoms in total. The molecular weight excluding hydrogens is 697 g/mol. The van der Waals surface area contributed by atoms with Crippen LogP contribution in [0.2, 0.25) is 0 Å². The molecule has 0 amide bonds. The first-order valence-electron chi connectivity index (χ1n) is 21.8. The lowest BCUT2D eigenvalue weighted by molar-refractivity contribution is -0.154. The lowest BCUT2D eigenvalue weighted by atomic mass is 10.1. The number of esters is 1. The minimum atomic E-state index is -4.29. The summed E-state index contributed by atoms with van der Waals surface area (Å²) in [4.78, 5) is 22.5. The summed E-state index contributed by atoms with van der Waals surface area (Å²) in [6.45, 7) is 4.65. The van der Waals surface area contributed by atoms with E-state index in [1.165, 1.54) is 103 Å². The van der Waals surface area contributed by atoms with Crippen molar-refractivity contribution in [1.29, 1.82) is 0 Å². The Morgan fingerprint density at radius 1 is 0.574 bits per heavy atom. The van der Waals surface area contributed by atoms with Gasteiger partial charge in [0.05, 0.1) is 19.8 Å². The number of ether oxygens (including phenoxy) is 2. The number of carbonyl (C=O) groups is 1. The van der Waals surface area contributed by atoms with Gasteiger partial charge in [-0.1, -0.05) is 164 Å². The molecular formula is C45H82NO7P. The summed E-state index contributed by atoms with van der Waals surface area (Å²) in [7, 11) is -4.29. The van der Waals surface area contributed by atoms with E-state index < -0.39 is 13.9 Å². The van der Waals surface area contributed by atoms with Crippen LogP contribution in [-0.4, -0.2) is 49.9 Å². The van der Waals surface area contributed by atoms with Gasteiger partial charge < -0.3 is 20.1 Å². The summed E-state index contributed by atoms with van der Waals surface area (Å²) < 4.78 is 33.3. The Labute approximate surface area is 332 Å². The quantitative estimate of drug-likeness (QED) is 0.0273. The van der Waals surface area contributed by atoms with Gasteiger partial charge in [0.1, 0.15) is 6.10 Å². The summed E-state index contributed by atoms with van der Waals surface area (Å²) in [6, 6.07) is 0. The number of phosphoric acid groups is 1. The van der Waals surface area contributed by atoms with Gasteiger partial charge in [-0.05, 0) is 70.6 Å². The molecule has 0 radical (unpaired) electrons. The van der Waals surface area contributed by atoms with Gasteiger partial charge in [-0.3, -0.25) is 13.8 Å². The maximum atomic E-state index is 12.6. The zero-order chi connectivity index (χ0) is 39.5. The molecule has 3 N–H and O–H groups in total. The van der Waals surface area contributed by atoms with Crippen LogP contribution in [0.25, 0.3) is 0 Å².